The average molecular weight is 194 g/mol. The summed E-state index contributed by atoms with van der Waals surface area (Å²) in [4.78, 5) is 15.4. The van der Waals surface area contributed by atoms with Gasteiger partial charge in [-0.05, 0) is 18.6 Å². The Bertz CT molecular complexity index is 283. The number of pyridine rings is 1. The molecule has 0 spiro atoms. The summed E-state index contributed by atoms with van der Waals surface area (Å²) in [6, 6.07) is 3.21. The first-order valence-corrected chi connectivity index (χ1v) is 4.59. The first-order chi connectivity index (χ1) is 6.77. The molecule has 1 rings (SSSR count). The summed E-state index contributed by atoms with van der Waals surface area (Å²) < 4.78 is 0. The molecule has 0 aliphatic carbocycles. The molecule has 0 aliphatic rings. The highest BCUT2D eigenvalue weighted by Crippen LogP contribution is 1.97. The van der Waals surface area contributed by atoms with Crippen LogP contribution in [0.2, 0.25) is 0 Å². The van der Waals surface area contributed by atoms with Crippen molar-refractivity contribution in [3.63, 3.8) is 0 Å². The van der Waals surface area contributed by atoms with Gasteiger partial charge in [0.15, 0.2) is 0 Å². The van der Waals surface area contributed by atoms with Gasteiger partial charge >= 0.3 is 0 Å². The van der Waals surface area contributed by atoms with Crippen molar-refractivity contribution in [1.82, 2.24) is 10.3 Å². The van der Waals surface area contributed by atoms with Gasteiger partial charge in [0.25, 0.3) is 5.91 Å². The number of hydrogen-bond donors (Lipinski definition) is 2. The van der Waals surface area contributed by atoms with Gasteiger partial charge in [0.05, 0.1) is 18.2 Å². The molecule has 1 heterocycles. The first kappa shape index (κ1) is 10.7. The monoisotopic (exact) mass is 194 g/mol. The molecule has 1 unspecified atom stereocenters. The summed E-state index contributed by atoms with van der Waals surface area (Å²) in [6.07, 6.45) is 3.82. The van der Waals surface area contributed by atoms with Gasteiger partial charge in [-0.15, -0.1) is 0 Å². The van der Waals surface area contributed by atoms with Gasteiger partial charge in [-0.2, -0.15) is 0 Å². The number of rotatable bonds is 4. The lowest BCUT2D eigenvalue weighted by Crippen LogP contribution is -2.36. The largest absolute Gasteiger partial charge is 0.394 e. The van der Waals surface area contributed by atoms with Crippen molar-refractivity contribution < 1.29 is 9.90 Å². The van der Waals surface area contributed by atoms with Crippen LogP contribution in [0.3, 0.4) is 0 Å². The van der Waals surface area contributed by atoms with Gasteiger partial charge in [-0.25, -0.2) is 0 Å². The summed E-state index contributed by atoms with van der Waals surface area (Å²) in [5, 5.41) is 11.6. The molecule has 1 aromatic heterocycles. The van der Waals surface area contributed by atoms with Crippen LogP contribution in [-0.4, -0.2) is 28.6 Å². The van der Waals surface area contributed by atoms with E-state index < -0.39 is 0 Å². The number of nitrogens with zero attached hydrogens (tertiary/aromatic N) is 1. The van der Waals surface area contributed by atoms with Crippen molar-refractivity contribution >= 4 is 5.91 Å². The minimum atomic E-state index is -0.195. The maximum absolute atomic E-state index is 11.5. The zero-order valence-electron chi connectivity index (χ0n) is 8.10. The Balaban J connectivity index is 2.59. The minimum Gasteiger partial charge on any atom is -0.394 e. The zero-order chi connectivity index (χ0) is 10.4. The SMILES string of the molecule is CCC(CO)NC(=O)c1cccnc1. The summed E-state index contributed by atoms with van der Waals surface area (Å²) in [7, 11) is 0. The molecule has 0 saturated carbocycles. The maximum atomic E-state index is 11.5. The number of aromatic nitrogens is 1. The van der Waals surface area contributed by atoms with Crippen LogP contribution >= 0.6 is 0 Å². The normalized spacial score (nSPS) is 12.1. The number of carbonyl (C=O) groups excluding carboxylic acids is 1. The first-order valence-electron chi connectivity index (χ1n) is 4.59. The molecule has 1 atom stereocenters. The lowest BCUT2D eigenvalue weighted by Gasteiger charge is -2.13. The Morgan fingerprint density at radius 1 is 1.71 bits per heavy atom. The van der Waals surface area contributed by atoms with Crippen LogP contribution in [0.1, 0.15) is 23.7 Å². The van der Waals surface area contributed by atoms with E-state index in [1.807, 2.05) is 6.92 Å². The van der Waals surface area contributed by atoms with Crippen molar-refractivity contribution in [3.05, 3.63) is 30.1 Å². The molecule has 0 aromatic carbocycles. The number of hydrogen-bond acceptors (Lipinski definition) is 3. The van der Waals surface area contributed by atoms with Crippen molar-refractivity contribution in [3.8, 4) is 0 Å². The molecule has 0 saturated heterocycles. The van der Waals surface area contributed by atoms with E-state index in [9.17, 15) is 4.79 Å². The van der Waals surface area contributed by atoms with Gasteiger partial charge in [0.1, 0.15) is 0 Å². The summed E-state index contributed by atoms with van der Waals surface area (Å²) in [6.45, 7) is 1.87. The molecule has 1 amide bonds. The molecule has 0 aliphatic heterocycles. The van der Waals surface area contributed by atoms with Crippen LogP contribution in [0, 0.1) is 0 Å². The van der Waals surface area contributed by atoms with Gasteiger partial charge in [0, 0.05) is 12.4 Å². The number of aliphatic hydroxyl groups is 1. The molecular formula is C10H14N2O2. The van der Waals surface area contributed by atoms with E-state index in [1.165, 1.54) is 6.20 Å². The molecule has 2 N–H and O–H groups in total. The van der Waals surface area contributed by atoms with E-state index in [0.29, 0.717) is 12.0 Å². The number of nitrogens with one attached hydrogen (secondary N) is 1. The predicted octanol–water partition coefficient (Wildman–Crippen LogP) is 0.582. The van der Waals surface area contributed by atoms with Crippen LogP contribution in [0.25, 0.3) is 0 Å². The Morgan fingerprint density at radius 2 is 2.50 bits per heavy atom. The highest BCUT2D eigenvalue weighted by Gasteiger charge is 2.10. The maximum Gasteiger partial charge on any atom is 0.253 e. The third-order valence-electron chi connectivity index (χ3n) is 1.97. The number of amides is 1. The lowest BCUT2D eigenvalue weighted by molar-refractivity contribution is 0.0914. The van der Waals surface area contributed by atoms with Crippen LogP contribution in [0.5, 0.6) is 0 Å². The van der Waals surface area contributed by atoms with Crippen molar-refractivity contribution in [2.75, 3.05) is 6.61 Å². The van der Waals surface area contributed by atoms with E-state index in [-0.39, 0.29) is 18.6 Å². The molecule has 1 aromatic rings. The van der Waals surface area contributed by atoms with Gasteiger partial charge in [-0.1, -0.05) is 6.92 Å². The van der Waals surface area contributed by atoms with E-state index in [2.05, 4.69) is 10.3 Å². The van der Waals surface area contributed by atoms with Crippen LogP contribution in [0.4, 0.5) is 0 Å². The Kier molecular flexibility index (Phi) is 4.07. The second-order valence-corrected chi connectivity index (χ2v) is 3.00. The standard InChI is InChI=1S/C10H14N2O2/c1-2-9(7-13)12-10(14)8-4-3-5-11-6-8/h3-6,9,13H,2,7H2,1H3,(H,12,14). The van der Waals surface area contributed by atoms with E-state index >= 15 is 0 Å². The van der Waals surface area contributed by atoms with Gasteiger partial charge < -0.3 is 10.4 Å². The fourth-order valence-corrected chi connectivity index (χ4v) is 1.04. The average Bonchev–Trinajstić information content (AvgIpc) is 2.26. The van der Waals surface area contributed by atoms with Crippen molar-refractivity contribution in [1.29, 1.82) is 0 Å². The third-order valence-corrected chi connectivity index (χ3v) is 1.97. The summed E-state index contributed by atoms with van der Waals surface area (Å²) >= 11 is 0. The van der Waals surface area contributed by atoms with Crippen LogP contribution in [0.15, 0.2) is 24.5 Å². The van der Waals surface area contributed by atoms with Crippen LogP contribution in [-0.2, 0) is 0 Å². The molecule has 76 valence electrons. The second kappa shape index (κ2) is 5.34. The summed E-state index contributed by atoms with van der Waals surface area (Å²) in [5.74, 6) is -0.195. The smallest absolute Gasteiger partial charge is 0.253 e. The lowest BCUT2D eigenvalue weighted by atomic mass is 10.2. The van der Waals surface area contributed by atoms with E-state index in [0.717, 1.165) is 0 Å². The Labute approximate surface area is 83.0 Å². The zero-order valence-corrected chi connectivity index (χ0v) is 8.10. The van der Waals surface area contributed by atoms with E-state index in [1.54, 1.807) is 18.3 Å². The number of aliphatic hydroxyl groups excluding tert-OH is 1. The number of carbonyl (C=O) groups is 1. The fourth-order valence-electron chi connectivity index (χ4n) is 1.04. The molecule has 14 heavy (non-hydrogen) atoms. The van der Waals surface area contributed by atoms with E-state index in [4.69, 9.17) is 5.11 Å². The molecular weight excluding hydrogens is 180 g/mol. The van der Waals surface area contributed by atoms with Gasteiger partial charge in [-0.3, -0.25) is 9.78 Å². The molecule has 0 bridgehead atoms. The third kappa shape index (κ3) is 2.81. The van der Waals surface area contributed by atoms with Crippen LogP contribution < -0.4 is 5.32 Å². The highest BCUT2D eigenvalue weighted by molar-refractivity contribution is 5.93. The molecule has 4 heteroatoms. The van der Waals surface area contributed by atoms with Crippen molar-refractivity contribution in [2.24, 2.45) is 0 Å². The summed E-state index contributed by atoms with van der Waals surface area (Å²) in [5.41, 5.74) is 0.513. The Morgan fingerprint density at radius 3 is 3.00 bits per heavy atom. The second-order valence-electron chi connectivity index (χ2n) is 3.00. The van der Waals surface area contributed by atoms with Gasteiger partial charge in [0.2, 0.25) is 0 Å². The topological polar surface area (TPSA) is 62.2 Å². The molecule has 4 nitrogen and oxygen atoms in total. The molecule has 0 radical (unpaired) electrons. The minimum absolute atomic E-state index is 0.0392. The predicted molar refractivity (Wildman–Crippen MR) is 52.9 cm³/mol. The highest BCUT2D eigenvalue weighted by atomic mass is 16.3. The quantitative estimate of drug-likeness (QED) is 0.737. The Hall–Kier alpha value is -1.42. The molecule has 0 fully saturated rings. The van der Waals surface area contributed by atoms with Crippen molar-refractivity contribution in [2.45, 2.75) is 19.4 Å². The fraction of sp³-hybridized carbons (Fsp3) is 0.400.